The number of halogens is 1. The van der Waals surface area contributed by atoms with Crippen LogP contribution >= 0.6 is 0 Å². The van der Waals surface area contributed by atoms with E-state index in [2.05, 4.69) is 16.0 Å². The van der Waals surface area contributed by atoms with Crippen molar-refractivity contribution in [1.82, 2.24) is 10.6 Å². The summed E-state index contributed by atoms with van der Waals surface area (Å²) >= 11 is 0. The van der Waals surface area contributed by atoms with Gasteiger partial charge in [0.15, 0.2) is 0 Å². The fourth-order valence-corrected chi connectivity index (χ4v) is 2.98. The van der Waals surface area contributed by atoms with E-state index in [1.54, 1.807) is 0 Å². The minimum absolute atomic E-state index is 0.0926. The zero-order valence-electron chi connectivity index (χ0n) is 15.4. The molecule has 1 heterocycles. The molecule has 1 aromatic carbocycles. The third-order valence-electron chi connectivity index (χ3n) is 4.79. The van der Waals surface area contributed by atoms with Crippen molar-refractivity contribution in [3.8, 4) is 0 Å². The number of nitrogens with zero attached hydrogens (tertiary/aromatic N) is 1. The van der Waals surface area contributed by atoms with Crippen molar-refractivity contribution in [2.75, 3.05) is 36.5 Å². The lowest BCUT2D eigenvalue weighted by Gasteiger charge is -2.28. The smallest absolute Gasteiger partial charge is 0.315 e. The number of nitrogens with two attached hydrogens (primary N) is 1. The Morgan fingerprint density at radius 3 is 2.75 bits per heavy atom. The molecule has 28 heavy (non-hydrogen) atoms. The number of urea groups is 1. The van der Waals surface area contributed by atoms with Crippen LogP contribution in [-0.4, -0.2) is 56.2 Å². The molecular weight excluding hydrogens is 369 g/mol. The van der Waals surface area contributed by atoms with Crippen LogP contribution in [0.5, 0.6) is 0 Å². The highest BCUT2D eigenvalue weighted by Gasteiger charge is 2.25. The highest BCUT2D eigenvalue weighted by Crippen LogP contribution is 2.24. The molecule has 2 aliphatic rings. The van der Waals surface area contributed by atoms with E-state index in [0.717, 1.165) is 25.3 Å². The second-order valence-electron chi connectivity index (χ2n) is 6.79. The first-order valence-corrected chi connectivity index (χ1v) is 9.23. The Morgan fingerprint density at radius 1 is 1.36 bits per heavy atom. The summed E-state index contributed by atoms with van der Waals surface area (Å²) < 4.78 is 19.5. The van der Waals surface area contributed by atoms with Crippen LogP contribution in [0.4, 0.5) is 20.6 Å². The standard InChI is InChI=1S/C18H24FN5O4/c19-13-8-12(4-5-15(13)24-6-7-28-10-16(24)25)21-17(26)14(9-20)23-18(27)22-11-2-1-3-11/h4-5,8,11,14H,1-3,6-7,9-10,20H2,(H,21,26)(H2,22,23,27)/t14-/m1/s1. The first kappa shape index (κ1) is 20.0. The van der Waals surface area contributed by atoms with E-state index >= 15 is 0 Å². The molecule has 1 atom stereocenters. The van der Waals surface area contributed by atoms with Crippen LogP contribution in [0.15, 0.2) is 18.2 Å². The minimum Gasteiger partial charge on any atom is -0.370 e. The Hall–Kier alpha value is -2.72. The van der Waals surface area contributed by atoms with E-state index in [1.807, 2.05) is 0 Å². The van der Waals surface area contributed by atoms with Crippen molar-refractivity contribution < 1.29 is 23.5 Å². The number of morpholine rings is 1. The van der Waals surface area contributed by atoms with Gasteiger partial charge in [-0.25, -0.2) is 9.18 Å². The van der Waals surface area contributed by atoms with E-state index in [4.69, 9.17) is 10.5 Å². The first-order chi connectivity index (χ1) is 13.5. The zero-order chi connectivity index (χ0) is 20.1. The second-order valence-corrected chi connectivity index (χ2v) is 6.79. The lowest BCUT2D eigenvalue weighted by molar-refractivity contribution is -0.125. The third kappa shape index (κ3) is 4.76. The molecule has 9 nitrogen and oxygen atoms in total. The Bertz CT molecular complexity index is 755. The average molecular weight is 393 g/mol. The number of rotatable bonds is 6. The van der Waals surface area contributed by atoms with Crippen LogP contribution in [0, 0.1) is 5.82 Å². The van der Waals surface area contributed by atoms with Gasteiger partial charge in [-0.3, -0.25) is 9.59 Å². The molecule has 152 valence electrons. The van der Waals surface area contributed by atoms with E-state index in [0.29, 0.717) is 6.61 Å². The summed E-state index contributed by atoms with van der Waals surface area (Å²) in [5, 5.41) is 7.82. The summed E-state index contributed by atoms with van der Waals surface area (Å²) in [5.41, 5.74) is 5.91. The van der Waals surface area contributed by atoms with Crippen LogP contribution in [0.2, 0.25) is 0 Å². The quantitative estimate of drug-likeness (QED) is 0.553. The van der Waals surface area contributed by atoms with Gasteiger partial charge in [0, 0.05) is 24.8 Å². The van der Waals surface area contributed by atoms with Crippen molar-refractivity contribution in [3.63, 3.8) is 0 Å². The number of nitrogens with one attached hydrogen (secondary N) is 3. The summed E-state index contributed by atoms with van der Waals surface area (Å²) in [6, 6.07) is 2.75. The van der Waals surface area contributed by atoms with Crippen molar-refractivity contribution >= 4 is 29.2 Å². The average Bonchev–Trinajstić information content (AvgIpc) is 2.63. The van der Waals surface area contributed by atoms with Gasteiger partial charge in [-0.15, -0.1) is 0 Å². The van der Waals surface area contributed by atoms with Crippen molar-refractivity contribution in [2.45, 2.75) is 31.3 Å². The molecule has 0 spiro atoms. The highest BCUT2D eigenvalue weighted by molar-refractivity contribution is 5.98. The SMILES string of the molecule is NC[C@@H](NC(=O)NC1CCC1)C(=O)Nc1ccc(N2CCOCC2=O)c(F)c1. The van der Waals surface area contributed by atoms with Crippen LogP contribution < -0.4 is 26.6 Å². The molecule has 0 aromatic heterocycles. The maximum atomic E-state index is 14.4. The number of carbonyl (C=O) groups is 3. The number of benzene rings is 1. The Kier molecular flexibility index (Phi) is 6.42. The van der Waals surface area contributed by atoms with Crippen molar-refractivity contribution in [1.29, 1.82) is 0 Å². The highest BCUT2D eigenvalue weighted by atomic mass is 19.1. The molecule has 1 aliphatic carbocycles. The molecule has 4 amide bonds. The maximum Gasteiger partial charge on any atom is 0.315 e. The fraction of sp³-hybridized carbons (Fsp3) is 0.500. The van der Waals surface area contributed by atoms with Crippen molar-refractivity contribution in [3.05, 3.63) is 24.0 Å². The van der Waals surface area contributed by atoms with Crippen LogP contribution in [-0.2, 0) is 14.3 Å². The summed E-state index contributed by atoms with van der Waals surface area (Å²) in [7, 11) is 0. The number of anilines is 2. The lowest BCUT2D eigenvalue weighted by atomic mass is 9.93. The molecule has 1 aromatic rings. The molecule has 5 N–H and O–H groups in total. The van der Waals surface area contributed by atoms with Gasteiger partial charge >= 0.3 is 6.03 Å². The number of carbonyl (C=O) groups excluding carboxylic acids is 3. The first-order valence-electron chi connectivity index (χ1n) is 9.23. The molecule has 1 saturated carbocycles. The van der Waals surface area contributed by atoms with E-state index < -0.39 is 23.8 Å². The Morgan fingerprint density at radius 2 is 2.14 bits per heavy atom. The number of amides is 4. The molecule has 0 radical (unpaired) electrons. The van der Waals surface area contributed by atoms with Crippen LogP contribution in [0.3, 0.4) is 0 Å². The molecule has 10 heteroatoms. The van der Waals surface area contributed by atoms with Gasteiger partial charge < -0.3 is 31.3 Å². The van der Waals surface area contributed by atoms with Gasteiger partial charge in [0.2, 0.25) is 5.91 Å². The van der Waals surface area contributed by atoms with Gasteiger partial charge in [-0.2, -0.15) is 0 Å². The molecule has 0 unspecified atom stereocenters. The second kappa shape index (κ2) is 8.98. The minimum atomic E-state index is -0.955. The van der Waals surface area contributed by atoms with E-state index in [1.165, 1.54) is 17.0 Å². The fourth-order valence-electron chi connectivity index (χ4n) is 2.98. The predicted molar refractivity (Wildman–Crippen MR) is 100 cm³/mol. The Balaban J connectivity index is 1.59. The summed E-state index contributed by atoms with van der Waals surface area (Å²) in [6.45, 7) is 0.393. The Labute approximate surface area is 161 Å². The van der Waals surface area contributed by atoms with E-state index in [-0.39, 0.29) is 43.0 Å². The molecule has 3 rings (SSSR count). The van der Waals surface area contributed by atoms with E-state index in [9.17, 15) is 18.8 Å². The largest absolute Gasteiger partial charge is 0.370 e. The van der Waals surface area contributed by atoms with Gasteiger partial charge in [-0.05, 0) is 37.5 Å². The topological polar surface area (TPSA) is 126 Å². The monoisotopic (exact) mass is 393 g/mol. The summed E-state index contributed by atoms with van der Waals surface area (Å²) in [4.78, 5) is 37.4. The molecule has 0 bridgehead atoms. The number of ether oxygens (including phenoxy) is 1. The zero-order valence-corrected chi connectivity index (χ0v) is 15.4. The molecule has 2 fully saturated rings. The molecule has 1 aliphatic heterocycles. The summed E-state index contributed by atoms with van der Waals surface area (Å²) in [5.74, 6) is -1.53. The van der Waals surface area contributed by atoms with Crippen LogP contribution in [0.25, 0.3) is 0 Å². The summed E-state index contributed by atoms with van der Waals surface area (Å²) in [6.07, 6.45) is 2.91. The van der Waals surface area contributed by atoms with Gasteiger partial charge in [0.25, 0.3) is 5.91 Å². The number of hydrogen-bond donors (Lipinski definition) is 4. The van der Waals surface area contributed by atoms with Crippen LogP contribution in [0.1, 0.15) is 19.3 Å². The molecular formula is C18H24FN5O4. The van der Waals surface area contributed by atoms with Gasteiger partial charge in [-0.1, -0.05) is 0 Å². The normalized spacial score (nSPS) is 18.2. The lowest BCUT2D eigenvalue weighted by Crippen LogP contribution is -2.54. The predicted octanol–water partition coefficient (Wildman–Crippen LogP) is 0.306. The number of hydrogen-bond acceptors (Lipinski definition) is 5. The molecule has 1 saturated heterocycles. The van der Waals surface area contributed by atoms with Gasteiger partial charge in [0.1, 0.15) is 18.5 Å². The van der Waals surface area contributed by atoms with Gasteiger partial charge in [0.05, 0.1) is 12.3 Å². The van der Waals surface area contributed by atoms with Crippen molar-refractivity contribution in [2.24, 2.45) is 5.73 Å². The third-order valence-corrected chi connectivity index (χ3v) is 4.79. The maximum absolute atomic E-state index is 14.4.